The highest BCUT2D eigenvalue weighted by molar-refractivity contribution is 5.77. The first-order valence-electron chi connectivity index (χ1n) is 6.31. The van der Waals surface area contributed by atoms with Crippen LogP contribution in [0.4, 0.5) is 5.69 Å². The summed E-state index contributed by atoms with van der Waals surface area (Å²) >= 11 is 0. The van der Waals surface area contributed by atoms with Crippen LogP contribution in [0.2, 0.25) is 0 Å². The highest BCUT2D eigenvalue weighted by Crippen LogP contribution is 2.18. The van der Waals surface area contributed by atoms with Gasteiger partial charge in [0.25, 0.3) is 0 Å². The lowest BCUT2D eigenvalue weighted by Crippen LogP contribution is -2.46. The van der Waals surface area contributed by atoms with Crippen molar-refractivity contribution in [3.05, 3.63) is 29.8 Å². The highest BCUT2D eigenvalue weighted by Gasteiger charge is 2.30. The van der Waals surface area contributed by atoms with Gasteiger partial charge in [-0.3, -0.25) is 4.79 Å². The molecule has 1 heterocycles. The van der Waals surface area contributed by atoms with Crippen LogP contribution in [0.1, 0.15) is 25.3 Å². The van der Waals surface area contributed by atoms with Gasteiger partial charge >= 0.3 is 0 Å². The molecule has 1 aliphatic heterocycles. The van der Waals surface area contributed by atoms with Crippen molar-refractivity contribution in [2.24, 2.45) is 0 Å². The van der Waals surface area contributed by atoms with E-state index in [1.54, 1.807) is 0 Å². The molecule has 1 aliphatic rings. The van der Waals surface area contributed by atoms with Gasteiger partial charge in [-0.25, -0.2) is 0 Å². The summed E-state index contributed by atoms with van der Waals surface area (Å²) in [6.07, 6.45) is 2.02. The molecule has 1 fully saturated rings. The van der Waals surface area contributed by atoms with E-state index in [2.05, 4.69) is 5.32 Å². The standard InChI is InChI=1S/C14H20N2O2/c1-14(8-9-18-10-14)16-13(17)7-6-11-4-2-3-5-12(11)15/h2-5H,6-10,15H2,1H3,(H,16,17). The molecule has 4 nitrogen and oxygen atoms in total. The fourth-order valence-electron chi connectivity index (χ4n) is 2.17. The van der Waals surface area contributed by atoms with E-state index in [-0.39, 0.29) is 11.4 Å². The zero-order valence-electron chi connectivity index (χ0n) is 10.7. The van der Waals surface area contributed by atoms with E-state index >= 15 is 0 Å². The first-order chi connectivity index (χ1) is 8.59. The maximum Gasteiger partial charge on any atom is 0.220 e. The monoisotopic (exact) mass is 248 g/mol. The average molecular weight is 248 g/mol. The Balaban J connectivity index is 1.83. The number of nitrogens with two attached hydrogens (primary N) is 1. The second-order valence-corrected chi connectivity index (χ2v) is 5.11. The van der Waals surface area contributed by atoms with Gasteiger partial charge in [-0.2, -0.15) is 0 Å². The number of hydrogen-bond donors (Lipinski definition) is 2. The summed E-state index contributed by atoms with van der Waals surface area (Å²) in [6, 6.07) is 7.66. The van der Waals surface area contributed by atoms with Crippen LogP contribution in [-0.4, -0.2) is 24.7 Å². The molecule has 18 heavy (non-hydrogen) atoms. The molecule has 0 saturated carbocycles. The predicted molar refractivity (Wildman–Crippen MR) is 71.2 cm³/mol. The van der Waals surface area contributed by atoms with E-state index in [1.807, 2.05) is 31.2 Å². The lowest BCUT2D eigenvalue weighted by molar-refractivity contribution is -0.122. The lowest BCUT2D eigenvalue weighted by atomic mass is 10.0. The first-order valence-corrected chi connectivity index (χ1v) is 6.31. The molecule has 98 valence electrons. The molecule has 4 heteroatoms. The molecule has 0 radical (unpaired) electrons. The number of carbonyl (C=O) groups excluding carboxylic acids is 1. The summed E-state index contributed by atoms with van der Waals surface area (Å²) in [5, 5.41) is 3.04. The number of para-hydroxylation sites is 1. The van der Waals surface area contributed by atoms with Crippen LogP contribution < -0.4 is 11.1 Å². The van der Waals surface area contributed by atoms with Crippen molar-refractivity contribution in [3.8, 4) is 0 Å². The van der Waals surface area contributed by atoms with Crippen LogP contribution >= 0.6 is 0 Å². The Labute approximate surface area is 108 Å². The maximum atomic E-state index is 11.9. The molecule has 1 amide bonds. The smallest absolute Gasteiger partial charge is 0.220 e. The molecule has 0 spiro atoms. The van der Waals surface area contributed by atoms with E-state index in [4.69, 9.17) is 10.5 Å². The molecular formula is C14H20N2O2. The molecular weight excluding hydrogens is 228 g/mol. The molecule has 1 atom stereocenters. The zero-order valence-corrected chi connectivity index (χ0v) is 10.7. The maximum absolute atomic E-state index is 11.9. The van der Waals surface area contributed by atoms with Gasteiger partial charge in [0.1, 0.15) is 0 Å². The van der Waals surface area contributed by atoms with Crippen LogP contribution in [0.15, 0.2) is 24.3 Å². The number of nitrogen functional groups attached to an aromatic ring is 1. The first kappa shape index (κ1) is 12.9. The number of hydrogen-bond acceptors (Lipinski definition) is 3. The van der Waals surface area contributed by atoms with Gasteiger partial charge in [0.15, 0.2) is 0 Å². The van der Waals surface area contributed by atoms with Gasteiger partial charge in [0, 0.05) is 18.7 Å². The third kappa shape index (κ3) is 3.23. The van der Waals surface area contributed by atoms with E-state index in [1.165, 1.54) is 0 Å². The molecule has 3 N–H and O–H groups in total. The Bertz CT molecular complexity index is 426. The molecule has 0 bridgehead atoms. The molecule has 1 saturated heterocycles. The van der Waals surface area contributed by atoms with Crippen molar-refractivity contribution in [1.29, 1.82) is 0 Å². The van der Waals surface area contributed by atoms with Crippen molar-refractivity contribution in [1.82, 2.24) is 5.32 Å². The number of benzene rings is 1. The zero-order chi connectivity index (χ0) is 13.0. The number of carbonyl (C=O) groups is 1. The predicted octanol–water partition coefficient (Wildman–Crippen LogP) is 1.50. The summed E-state index contributed by atoms with van der Waals surface area (Å²) in [5.74, 6) is 0.0613. The van der Waals surface area contributed by atoms with Crippen LogP contribution in [0.3, 0.4) is 0 Å². The van der Waals surface area contributed by atoms with Gasteiger partial charge in [-0.15, -0.1) is 0 Å². The van der Waals surface area contributed by atoms with E-state index < -0.39 is 0 Å². The van der Waals surface area contributed by atoms with Crippen LogP contribution in [0.25, 0.3) is 0 Å². The molecule has 0 aliphatic carbocycles. The Morgan fingerprint density at radius 2 is 2.28 bits per heavy atom. The number of amides is 1. The number of rotatable bonds is 4. The average Bonchev–Trinajstić information content (AvgIpc) is 2.74. The second-order valence-electron chi connectivity index (χ2n) is 5.11. The number of nitrogens with one attached hydrogen (secondary N) is 1. The van der Waals surface area contributed by atoms with Crippen LogP contribution in [0.5, 0.6) is 0 Å². The Morgan fingerprint density at radius 3 is 2.94 bits per heavy atom. The normalized spacial score (nSPS) is 22.9. The number of anilines is 1. The highest BCUT2D eigenvalue weighted by atomic mass is 16.5. The van der Waals surface area contributed by atoms with Gasteiger partial charge in [-0.1, -0.05) is 18.2 Å². The molecule has 0 aromatic heterocycles. The van der Waals surface area contributed by atoms with Gasteiger partial charge in [-0.05, 0) is 31.4 Å². The minimum atomic E-state index is -0.195. The van der Waals surface area contributed by atoms with Crippen molar-refractivity contribution < 1.29 is 9.53 Å². The van der Waals surface area contributed by atoms with Crippen molar-refractivity contribution >= 4 is 11.6 Å². The second kappa shape index (κ2) is 5.40. The quantitative estimate of drug-likeness (QED) is 0.794. The van der Waals surface area contributed by atoms with E-state index in [9.17, 15) is 4.79 Å². The number of aryl methyl sites for hydroxylation is 1. The Hall–Kier alpha value is -1.55. The van der Waals surface area contributed by atoms with Gasteiger partial charge < -0.3 is 15.8 Å². The van der Waals surface area contributed by atoms with Crippen LogP contribution in [-0.2, 0) is 16.0 Å². The minimum absolute atomic E-state index is 0.0613. The van der Waals surface area contributed by atoms with E-state index in [0.717, 1.165) is 24.3 Å². The fourth-order valence-corrected chi connectivity index (χ4v) is 2.17. The third-order valence-corrected chi connectivity index (χ3v) is 3.34. The SMILES string of the molecule is CC1(NC(=O)CCc2ccccc2N)CCOC1. The van der Waals surface area contributed by atoms with Crippen molar-refractivity contribution in [2.75, 3.05) is 18.9 Å². The van der Waals surface area contributed by atoms with Crippen LogP contribution in [0, 0.1) is 0 Å². The summed E-state index contributed by atoms with van der Waals surface area (Å²) in [4.78, 5) is 11.9. The fraction of sp³-hybridized carbons (Fsp3) is 0.500. The topological polar surface area (TPSA) is 64.4 Å². The summed E-state index contributed by atoms with van der Waals surface area (Å²) < 4.78 is 5.31. The van der Waals surface area contributed by atoms with Gasteiger partial charge in [0.2, 0.25) is 5.91 Å². The van der Waals surface area contributed by atoms with Crippen molar-refractivity contribution in [2.45, 2.75) is 31.7 Å². The Morgan fingerprint density at radius 1 is 1.50 bits per heavy atom. The van der Waals surface area contributed by atoms with E-state index in [0.29, 0.717) is 19.4 Å². The molecule has 1 aromatic carbocycles. The molecule has 1 unspecified atom stereocenters. The minimum Gasteiger partial charge on any atom is -0.399 e. The summed E-state index contributed by atoms with van der Waals surface area (Å²) in [7, 11) is 0. The summed E-state index contributed by atoms with van der Waals surface area (Å²) in [6.45, 7) is 3.35. The molecule has 1 aromatic rings. The Kier molecular flexibility index (Phi) is 3.87. The lowest BCUT2D eigenvalue weighted by Gasteiger charge is -2.23. The van der Waals surface area contributed by atoms with Crippen molar-refractivity contribution in [3.63, 3.8) is 0 Å². The molecule has 2 rings (SSSR count). The third-order valence-electron chi connectivity index (χ3n) is 3.34. The largest absolute Gasteiger partial charge is 0.399 e. The van der Waals surface area contributed by atoms with Gasteiger partial charge in [0.05, 0.1) is 12.1 Å². The summed E-state index contributed by atoms with van der Waals surface area (Å²) in [5.41, 5.74) is 7.43. The number of ether oxygens (including phenoxy) is 1.